The van der Waals surface area contributed by atoms with E-state index in [1.54, 1.807) is 15.9 Å². The molecular weight excluding hydrogens is 402 g/mol. The number of nitrogens with zero attached hydrogens (tertiary/aromatic N) is 2. The molecule has 1 saturated heterocycles. The zero-order valence-corrected chi connectivity index (χ0v) is 17.6. The van der Waals surface area contributed by atoms with E-state index in [0.717, 1.165) is 28.9 Å². The van der Waals surface area contributed by atoms with Crippen LogP contribution >= 0.6 is 11.6 Å². The summed E-state index contributed by atoms with van der Waals surface area (Å²) in [5.74, 6) is -0.470. The molecule has 2 aliphatic rings. The molecule has 2 aliphatic heterocycles. The minimum Gasteiger partial charge on any atom is -0.352 e. The second-order valence-corrected chi connectivity index (χ2v) is 8.15. The van der Waals surface area contributed by atoms with E-state index < -0.39 is 0 Å². The van der Waals surface area contributed by atoms with Crippen LogP contribution in [-0.2, 0) is 27.3 Å². The molecule has 2 aromatic carbocycles. The van der Waals surface area contributed by atoms with Crippen molar-refractivity contribution < 1.29 is 14.4 Å². The average molecular weight is 426 g/mol. The Morgan fingerprint density at radius 2 is 2.03 bits per heavy atom. The highest BCUT2D eigenvalue weighted by molar-refractivity contribution is 6.30. The smallest absolute Gasteiger partial charge is 0.227 e. The summed E-state index contributed by atoms with van der Waals surface area (Å²) < 4.78 is 0. The van der Waals surface area contributed by atoms with Gasteiger partial charge in [-0.25, -0.2) is 0 Å². The molecule has 0 radical (unpaired) electrons. The highest BCUT2D eigenvalue weighted by atomic mass is 35.5. The third-order valence-corrected chi connectivity index (χ3v) is 5.96. The van der Waals surface area contributed by atoms with Crippen molar-refractivity contribution in [3.63, 3.8) is 0 Å². The Hall–Kier alpha value is -2.86. The van der Waals surface area contributed by atoms with Crippen LogP contribution in [0.1, 0.15) is 30.9 Å². The second kappa shape index (κ2) is 8.48. The first kappa shape index (κ1) is 20.4. The molecule has 1 fully saturated rings. The molecule has 0 aliphatic carbocycles. The lowest BCUT2D eigenvalue weighted by Gasteiger charge is -2.20. The molecule has 6 nitrogen and oxygen atoms in total. The Balaban J connectivity index is 1.41. The van der Waals surface area contributed by atoms with Gasteiger partial charge >= 0.3 is 0 Å². The fraction of sp³-hybridized carbons (Fsp3) is 0.348. The van der Waals surface area contributed by atoms with Crippen LogP contribution < -0.4 is 15.1 Å². The number of hydrogen-bond donors (Lipinski definition) is 1. The molecule has 1 atom stereocenters. The van der Waals surface area contributed by atoms with E-state index >= 15 is 0 Å². The van der Waals surface area contributed by atoms with Crippen molar-refractivity contribution in [3.8, 4) is 0 Å². The molecule has 1 N–H and O–H groups in total. The molecule has 0 aromatic heterocycles. The summed E-state index contributed by atoms with van der Waals surface area (Å²) in [6, 6.07) is 13.1. The Labute approximate surface area is 180 Å². The number of fused-ring (bicyclic) bond motifs is 1. The van der Waals surface area contributed by atoms with Crippen molar-refractivity contribution >= 4 is 40.7 Å². The number of amides is 3. The maximum Gasteiger partial charge on any atom is 0.227 e. The highest BCUT2D eigenvalue weighted by Crippen LogP contribution is 2.34. The molecule has 0 saturated carbocycles. The standard InChI is InChI=1S/C23H24ClN3O3/c1-2-21(28)26-9-8-16-11-19(6-7-20(16)26)27-14-17(12-22(27)29)23(30)25-13-15-4-3-5-18(24)10-15/h3-7,10-11,17H,2,8-9,12-14H2,1H3,(H,25,30). The van der Waals surface area contributed by atoms with Gasteiger partial charge in [0.2, 0.25) is 17.7 Å². The van der Waals surface area contributed by atoms with Crippen LogP contribution in [-0.4, -0.2) is 30.8 Å². The number of rotatable bonds is 5. The van der Waals surface area contributed by atoms with E-state index in [1.165, 1.54) is 0 Å². The van der Waals surface area contributed by atoms with Crippen molar-refractivity contribution in [2.45, 2.75) is 32.7 Å². The minimum absolute atomic E-state index is 0.0580. The van der Waals surface area contributed by atoms with Gasteiger partial charge in [-0.3, -0.25) is 14.4 Å². The van der Waals surface area contributed by atoms with Crippen LogP contribution in [0.15, 0.2) is 42.5 Å². The maximum absolute atomic E-state index is 12.6. The Morgan fingerprint density at radius 1 is 1.20 bits per heavy atom. The Bertz CT molecular complexity index is 1010. The SMILES string of the molecule is CCC(=O)N1CCc2cc(N3CC(C(=O)NCc4cccc(Cl)c4)CC3=O)ccc21. The predicted octanol–water partition coefficient (Wildman–Crippen LogP) is 3.31. The first-order valence-electron chi connectivity index (χ1n) is 10.2. The zero-order valence-electron chi connectivity index (χ0n) is 16.9. The minimum atomic E-state index is -0.386. The lowest BCUT2D eigenvalue weighted by atomic mass is 10.1. The molecule has 7 heteroatoms. The van der Waals surface area contributed by atoms with E-state index in [2.05, 4.69) is 5.32 Å². The van der Waals surface area contributed by atoms with E-state index in [9.17, 15) is 14.4 Å². The molecule has 4 rings (SSSR count). The number of hydrogen-bond acceptors (Lipinski definition) is 3. The topological polar surface area (TPSA) is 69.7 Å². The van der Waals surface area contributed by atoms with Gasteiger partial charge in [-0.15, -0.1) is 0 Å². The number of halogens is 1. The van der Waals surface area contributed by atoms with Crippen LogP contribution in [0.4, 0.5) is 11.4 Å². The molecular formula is C23H24ClN3O3. The van der Waals surface area contributed by atoms with Gasteiger partial charge in [-0.2, -0.15) is 0 Å². The lowest BCUT2D eigenvalue weighted by molar-refractivity contribution is -0.126. The number of anilines is 2. The third kappa shape index (κ3) is 4.05. The van der Waals surface area contributed by atoms with Crippen molar-refractivity contribution in [1.29, 1.82) is 0 Å². The Kier molecular flexibility index (Phi) is 5.77. The van der Waals surface area contributed by atoms with Crippen molar-refractivity contribution in [1.82, 2.24) is 5.32 Å². The van der Waals surface area contributed by atoms with Gasteiger partial charge in [0, 0.05) is 48.9 Å². The third-order valence-electron chi connectivity index (χ3n) is 5.73. The van der Waals surface area contributed by atoms with Crippen LogP contribution in [0.3, 0.4) is 0 Å². The average Bonchev–Trinajstić information content (AvgIpc) is 3.34. The molecule has 156 valence electrons. The van der Waals surface area contributed by atoms with Crippen LogP contribution in [0.25, 0.3) is 0 Å². The predicted molar refractivity (Wildman–Crippen MR) is 117 cm³/mol. The van der Waals surface area contributed by atoms with Crippen molar-refractivity contribution in [2.75, 3.05) is 22.9 Å². The molecule has 0 spiro atoms. The molecule has 1 unspecified atom stereocenters. The van der Waals surface area contributed by atoms with Gasteiger partial charge < -0.3 is 15.1 Å². The highest BCUT2D eigenvalue weighted by Gasteiger charge is 2.35. The first-order valence-corrected chi connectivity index (χ1v) is 10.6. The summed E-state index contributed by atoms with van der Waals surface area (Å²) >= 11 is 5.98. The number of carbonyl (C=O) groups excluding carboxylic acids is 3. The number of benzene rings is 2. The van der Waals surface area contributed by atoms with Crippen LogP contribution in [0.5, 0.6) is 0 Å². The molecule has 3 amide bonds. The quantitative estimate of drug-likeness (QED) is 0.799. The van der Waals surface area contributed by atoms with Gasteiger partial charge in [0.25, 0.3) is 0 Å². The van der Waals surface area contributed by atoms with Gasteiger partial charge in [0.15, 0.2) is 0 Å². The lowest BCUT2D eigenvalue weighted by Crippen LogP contribution is -2.32. The van der Waals surface area contributed by atoms with Crippen molar-refractivity contribution in [2.24, 2.45) is 5.92 Å². The summed E-state index contributed by atoms with van der Waals surface area (Å²) in [6.45, 7) is 3.27. The summed E-state index contributed by atoms with van der Waals surface area (Å²) in [7, 11) is 0. The Morgan fingerprint density at radius 3 is 2.80 bits per heavy atom. The summed E-state index contributed by atoms with van der Waals surface area (Å²) in [5.41, 5.74) is 3.69. The second-order valence-electron chi connectivity index (χ2n) is 7.72. The van der Waals surface area contributed by atoms with E-state index in [-0.39, 0.29) is 30.1 Å². The van der Waals surface area contributed by atoms with Gasteiger partial charge in [-0.05, 0) is 47.9 Å². The first-order chi connectivity index (χ1) is 14.5. The van der Waals surface area contributed by atoms with Gasteiger partial charge in [0.1, 0.15) is 0 Å². The fourth-order valence-electron chi connectivity index (χ4n) is 4.12. The molecule has 2 aromatic rings. The molecule has 30 heavy (non-hydrogen) atoms. The molecule has 0 bridgehead atoms. The normalized spacial score (nSPS) is 17.9. The van der Waals surface area contributed by atoms with Crippen LogP contribution in [0.2, 0.25) is 5.02 Å². The summed E-state index contributed by atoms with van der Waals surface area (Å²) in [5, 5.41) is 3.53. The monoisotopic (exact) mass is 425 g/mol. The van der Waals surface area contributed by atoms with E-state index in [0.29, 0.717) is 31.1 Å². The van der Waals surface area contributed by atoms with Gasteiger partial charge in [0.05, 0.1) is 5.92 Å². The zero-order chi connectivity index (χ0) is 21.3. The van der Waals surface area contributed by atoms with Crippen molar-refractivity contribution in [3.05, 3.63) is 58.6 Å². The van der Waals surface area contributed by atoms with Crippen LogP contribution in [0, 0.1) is 5.92 Å². The maximum atomic E-state index is 12.6. The summed E-state index contributed by atoms with van der Waals surface area (Å²) in [4.78, 5) is 40.7. The van der Waals surface area contributed by atoms with E-state index in [1.807, 2.05) is 43.3 Å². The molecule has 2 heterocycles. The fourth-order valence-corrected chi connectivity index (χ4v) is 4.33. The number of carbonyl (C=O) groups is 3. The largest absolute Gasteiger partial charge is 0.352 e. The van der Waals surface area contributed by atoms with E-state index in [4.69, 9.17) is 11.6 Å². The summed E-state index contributed by atoms with van der Waals surface area (Å²) in [6.07, 6.45) is 1.44. The van der Waals surface area contributed by atoms with Gasteiger partial charge in [-0.1, -0.05) is 30.7 Å². The number of nitrogens with one attached hydrogen (secondary N) is 1.